The van der Waals surface area contributed by atoms with Gasteiger partial charge in [-0.25, -0.2) is 4.98 Å². The Morgan fingerprint density at radius 2 is 2.47 bits per heavy atom. The van der Waals surface area contributed by atoms with E-state index in [1.165, 1.54) is 21.9 Å². The molecule has 6 nitrogen and oxygen atoms in total. The number of amides is 1. The predicted molar refractivity (Wildman–Crippen MR) is 63.4 cm³/mol. The van der Waals surface area contributed by atoms with Gasteiger partial charge in [0.25, 0.3) is 11.5 Å². The quantitative estimate of drug-likeness (QED) is 0.798. The number of rotatable bonds is 3. The van der Waals surface area contributed by atoms with E-state index in [4.69, 9.17) is 5.11 Å². The highest BCUT2D eigenvalue weighted by Gasteiger charge is 2.15. The van der Waals surface area contributed by atoms with Gasteiger partial charge in [0.2, 0.25) is 0 Å². The lowest BCUT2D eigenvalue weighted by molar-refractivity contribution is 0.0920. The van der Waals surface area contributed by atoms with Crippen molar-refractivity contribution in [2.24, 2.45) is 0 Å². The van der Waals surface area contributed by atoms with E-state index in [1.807, 2.05) is 0 Å². The fraction of sp³-hybridized carbons (Fsp3) is 0.300. The summed E-state index contributed by atoms with van der Waals surface area (Å²) in [4.78, 5) is 28.2. The second-order valence-corrected chi connectivity index (χ2v) is 4.46. The van der Waals surface area contributed by atoms with Crippen molar-refractivity contribution in [2.75, 3.05) is 6.61 Å². The van der Waals surface area contributed by atoms with Gasteiger partial charge in [-0.15, -0.1) is 11.3 Å². The normalized spacial score (nSPS) is 12.6. The van der Waals surface area contributed by atoms with E-state index in [9.17, 15) is 9.59 Å². The van der Waals surface area contributed by atoms with Gasteiger partial charge in [-0.2, -0.15) is 0 Å². The van der Waals surface area contributed by atoms with Crippen LogP contribution in [0, 0.1) is 0 Å². The summed E-state index contributed by atoms with van der Waals surface area (Å²) < 4.78 is 1.32. The van der Waals surface area contributed by atoms with Gasteiger partial charge >= 0.3 is 0 Å². The second kappa shape index (κ2) is 4.64. The Kier molecular flexibility index (Phi) is 3.21. The third kappa shape index (κ3) is 2.20. The first kappa shape index (κ1) is 11.7. The number of fused-ring (bicyclic) bond motifs is 1. The number of aliphatic hydroxyl groups excluding tert-OH is 1. The van der Waals surface area contributed by atoms with Crippen LogP contribution in [0.3, 0.4) is 0 Å². The van der Waals surface area contributed by atoms with Crippen molar-refractivity contribution in [1.82, 2.24) is 14.7 Å². The molecular formula is C10H11N3O3S. The van der Waals surface area contributed by atoms with Crippen LogP contribution in [0.2, 0.25) is 0 Å². The lowest BCUT2D eigenvalue weighted by atomic mass is 10.3. The molecule has 0 radical (unpaired) electrons. The van der Waals surface area contributed by atoms with Crippen molar-refractivity contribution < 1.29 is 9.90 Å². The molecule has 0 aromatic carbocycles. The van der Waals surface area contributed by atoms with Gasteiger partial charge in [0.05, 0.1) is 6.61 Å². The molecule has 0 saturated carbocycles. The average molecular weight is 253 g/mol. The summed E-state index contributed by atoms with van der Waals surface area (Å²) >= 11 is 1.32. The summed E-state index contributed by atoms with van der Waals surface area (Å²) in [5.41, 5.74) is -0.430. The number of nitrogens with zero attached hydrogens (tertiary/aromatic N) is 2. The Morgan fingerprint density at radius 1 is 1.71 bits per heavy atom. The molecule has 2 heterocycles. The van der Waals surface area contributed by atoms with Crippen molar-refractivity contribution in [1.29, 1.82) is 0 Å². The van der Waals surface area contributed by atoms with Gasteiger partial charge in [0.15, 0.2) is 4.96 Å². The fourth-order valence-electron chi connectivity index (χ4n) is 1.33. The molecule has 2 N–H and O–H groups in total. The minimum atomic E-state index is -0.523. The maximum atomic E-state index is 11.9. The van der Waals surface area contributed by atoms with Crippen molar-refractivity contribution in [2.45, 2.75) is 13.0 Å². The Hall–Kier alpha value is -1.73. The zero-order chi connectivity index (χ0) is 12.4. The van der Waals surface area contributed by atoms with Crippen molar-refractivity contribution in [3.63, 3.8) is 0 Å². The van der Waals surface area contributed by atoms with Crippen LogP contribution in [0.15, 0.2) is 22.6 Å². The van der Waals surface area contributed by atoms with Crippen LogP contribution in [0.4, 0.5) is 0 Å². The summed E-state index contributed by atoms with van der Waals surface area (Å²) in [7, 11) is 0. The van der Waals surface area contributed by atoms with Crippen molar-refractivity contribution >= 4 is 22.2 Å². The third-order valence-corrected chi connectivity index (χ3v) is 3.01. The smallest absolute Gasteiger partial charge is 0.271 e. The highest BCUT2D eigenvalue weighted by molar-refractivity contribution is 7.15. The minimum absolute atomic E-state index is 0.0267. The lowest BCUT2D eigenvalue weighted by Gasteiger charge is -2.09. The van der Waals surface area contributed by atoms with Crippen LogP contribution in [0.1, 0.15) is 17.3 Å². The summed E-state index contributed by atoms with van der Waals surface area (Å²) in [6, 6.07) is -0.398. The Labute approximate surface area is 101 Å². The zero-order valence-electron chi connectivity index (χ0n) is 9.08. The predicted octanol–water partition coefficient (Wildman–Crippen LogP) is -0.133. The molecule has 7 heteroatoms. The van der Waals surface area contributed by atoms with E-state index in [1.54, 1.807) is 18.5 Å². The van der Waals surface area contributed by atoms with E-state index >= 15 is 0 Å². The number of aliphatic hydroxyl groups is 1. The molecule has 1 unspecified atom stereocenters. The molecule has 0 aliphatic heterocycles. The van der Waals surface area contributed by atoms with Crippen LogP contribution in [0.5, 0.6) is 0 Å². The topological polar surface area (TPSA) is 83.7 Å². The number of aromatic nitrogens is 2. The highest BCUT2D eigenvalue weighted by Crippen LogP contribution is 2.05. The Bertz CT molecular complexity index is 604. The number of hydrogen-bond acceptors (Lipinski definition) is 5. The molecule has 0 aliphatic carbocycles. The SMILES string of the molecule is CC(CO)NC(=O)c1cnc2sccn2c1=O. The van der Waals surface area contributed by atoms with Crippen LogP contribution in [-0.2, 0) is 0 Å². The van der Waals surface area contributed by atoms with Gasteiger partial charge < -0.3 is 10.4 Å². The van der Waals surface area contributed by atoms with E-state index < -0.39 is 17.5 Å². The standard InChI is InChI=1S/C10H11N3O3S/c1-6(5-14)12-8(15)7-4-11-10-13(9(7)16)2-3-17-10/h2-4,6,14H,5H2,1H3,(H,12,15). The largest absolute Gasteiger partial charge is 0.394 e. The Morgan fingerprint density at radius 3 is 3.18 bits per heavy atom. The second-order valence-electron chi connectivity index (χ2n) is 3.59. The van der Waals surface area contributed by atoms with E-state index in [-0.39, 0.29) is 12.2 Å². The number of carbonyl (C=O) groups excluding carboxylic acids is 1. The van der Waals surface area contributed by atoms with E-state index in [2.05, 4.69) is 10.3 Å². The van der Waals surface area contributed by atoms with E-state index in [0.717, 1.165) is 0 Å². The van der Waals surface area contributed by atoms with Crippen LogP contribution < -0.4 is 10.9 Å². The first-order chi connectivity index (χ1) is 8.13. The van der Waals surface area contributed by atoms with Crippen LogP contribution in [0.25, 0.3) is 4.96 Å². The monoisotopic (exact) mass is 253 g/mol. The molecule has 0 aliphatic rings. The third-order valence-electron chi connectivity index (χ3n) is 2.24. The summed E-state index contributed by atoms with van der Waals surface area (Å²) in [5, 5.41) is 13.1. The number of carbonyl (C=O) groups is 1. The number of thiazole rings is 1. The molecule has 0 saturated heterocycles. The van der Waals surface area contributed by atoms with Crippen LogP contribution in [-0.4, -0.2) is 33.0 Å². The van der Waals surface area contributed by atoms with Gasteiger partial charge in [-0.05, 0) is 6.92 Å². The van der Waals surface area contributed by atoms with Gasteiger partial charge in [-0.3, -0.25) is 14.0 Å². The molecule has 2 aromatic rings. The first-order valence-corrected chi connectivity index (χ1v) is 5.88. The highest BCUT2D eigenvalue weighted by atomic mass is 32.1. The molecule has 2 rings (SSSR count). The maximum Gasteiger partial charge on any atom is 0.271 e. The molecule has 0 spiro atoms. The molecule has 17 heavy (non-hydrogen) atoms. The summed E-state index contributed by atoms with van der Waals surface area (Å²) in [6.45, 7) is 1.47. The molecule has 1 amide bonds. The molecule has 2 aromatic heterocycles. The number of nitrogens with one attached hydrogen (secondary N) is 1. The molecule has 0 fully saturated rings. The van der Waals surface area contributed by atoms with Crippen molar-refractivity contribution in [3.8, 4) is 0 Å². The number of hydrogen-bond donors (Lipinski definition) is 2. The molecular weight excluding hydrogens is 242 g/mol. The van der Waals surface area contributed by atoms with Gasteiger partial charge in [-0.1, -0.05) is 0 Å². The minimum Gasteiger partial charge on any atom is -0.394 e. The van der Waals surface area contributed by atoms with E-state index in [0.29, 0.717) is 4.96 Å². The van der Waals surface area contributed by atoms with Crippen LogP contribution >= 0.6 is 11.3 Å². The Balaban J connectivity index is 2.39. The molecule has 90 valence electrons. The molecule has 1 atom stereocenters. The summed E-state index contributed by atoms with van der Waals surface area (Å²) in [6.07, 6.45) is 2.83. The van der Waals surface area contributed by atoms with Gasteiger partial charge in [0, 0.05) is 23.8 Å². The maximum absolute atomic E-state index is 11.9. The fourth-order valence-corrected chi connectivity index (χ4v) is 2.00. The van der Waals surface area contributed by atoms with Gasteiger partial charge in [0.1, 0.15) is 5.56 Å². The van der Waals surface area contributed by atoms with Crippen molar-refractivity contribution in [3.05, 3.63) is 33.7 Å². The first-order valence-electron chi connectivity index (χ1n) is 5.00. The molecule has 0 bridgehead atoms. The lowest BCUT2D eigenvalue weighted by Crippen LogP contribution is -2.38. The zero-order valence-corrected chi connectivity index (χ0v) is 9.90. The summed E-state index contributed by atoms with van der Waals surface area (Å²) in [5.74, 6) is -0.523. The average Bonchev–Trinajstić information content (AvgIpc) is 2.78.